The molecule has 3 N–H and O–H groups in total. The second-order valence-corrected chi connectivity index (χ2v) is 6.22. The molecule has 106 valence electrons. The Morgan fingerprint density at radius 3 is 2.19 bits per heavy atom. The molecule has 0 spiro atoms. The minimum Gasteiger partial charge on any atom is -0.506 e. The molecule has 0 unspecified atom stereocenters. The fourth-order valence-electron chi connectivity index (χ4n) is 2.03. The van der Waals surface area contributed by atoms with E-state index in [1.54, 1.807) is 18.2 Å². The number of para-hydroxylation sites is 2. The highest BCUT2D eigenvalue weighted by Gasteiger charge is 2.19. The molecule has 0 aromatic heterocycles. The van der Waals surface area contributed by atoms with Gasteiger partial charge >= 0.3 is 0 Å². The van der Waals surface area contributed by atoms with Gasteiger partial charge in [0.15, 0.2) is 0 Å². The van der Waals surface area contributed by atoms with Gasteiger partial charge in [-0.2, -0.15) is 0 Å². The van der Waals surface area contributed by atoms with Crippen LogP contribution in [0, 0.1) is 0 Å². The van der Waals surface area contributed by atoms with E-state index in [9.17, 15) is 9.90 Å². The molecule has 0 radical (unpaired) electrons. The van der Waals surface area contributed by atoms with E-state index in [0.717, 1.165) is 16.9 Å². The van der Waals surface area contributed by atoms with Crippen LogP contribution < -0.4 is 10.6 Å². The molecule has 1 aliphatic rings. The van der Waals surface area contributed by atoms with Crippen molar-refractivity contribution in [2.45, 2.75) is 0 Å². The zero-order valence-electron chi connectivity index (χ0n) is 10.7. The number of phenolic OH excluding ortho intramolecular Hbond substituents is 1. The average molecular weight is 410 g/mol. The van der Waals surface area contributed by atoms with Gasteiger partial charge in [0.05, 0.1) is 20.3 Å². The number of benzene rings is 2. The van der Waals surface area contributed by atoms with E-state index in [-0.39, 0.29) is 11.7 Å². The van der Waals surface area contributed by atoms with Gasteiger partial charge in [-0.1, -0.05) is 12.1 Å². The third kappa shape index (κ3) is 2.82. The molecule has 0 saturated carbocycles. The van der Waals surface area contributed by atoms with Crippen LogP contribution in [-0.2, 0) is 4.79 Å². The molecule has 0 bridgehead atoms. The van der Waals surface area contributed by atoms with Gasteiger partial charge in [-0.15, -0.1) is 0 Å². The average Bonchev–Trinajstić information content (AvgIpc) is 2.45. The number of halogens is 2. The lowest BCUT2D eigenvalue weighted by molar-refractivity contribution is -0.112. The zero-order valence-corrected chi connectivity index (χ0v) is 13.8. The quantitative estimate of drug-likeness (QED) is 0.614. The Morgan fingerprint density at radius 1 is 1.00 bits per heavy atom. The highest BCUT2D eigenvalue weighted by Crippen LogP contribution is 2.34. The fourth-order valence-corrected chi connectivity index (χ4v) is 3.25. The van der Waals surface area contributed by atoms with E-state index >= 15 is 0 Å². The van der Waals surface area contributed by atoms with Crippen LogP contribution in [0.5, 0.6) is 5.75 Å². The minimum absolute atomic E-state index is 0.128. The topological polar surface area (TPSA) is 61.4 Å². The Bertz CT molecular complexity index is 749. The Labute approximate surface area is 138 Å². The first-order valence-electron chi connectivity index (χ1n) is 6.12. The Morgan fingerprint density at radius 2 is 1.57 bits per heavy atom. The van der Waals surface area contributed by atoms with Crippen molar-refractivity contribution in [3.05, 3.63) is 56.6 Å². The Hall–Kier alpha value is -1.79. The highest BCUT2D eigenvalue weighted by atomic mass is 79.9. The van der Waals surface area contributed by atoms with Crippen LogP contribution in [0.1, 0.15) is 5.56 Å². The first-order chi connectivity index (χ1) is 10.0. The molecule has 1 amide bonds. The molecule has 1 heterocycles. The van der Waals surface area contributed by atoms with Gasteiger partial charge in [0.25, 0.3) is 5.91 Å². The number of rotatable bonds is 1. The smallest absolute Gasteiger partial charge is 0.272 e. The van der Waals surface area contributed by atoms with Crippen LogP contribution in [0.2, 0.25) is 0 Å². The molecule has 0 saturated heterocycles. The number of aromatic hydroxyl groups is 1. The van der Waals surface area contributed by atoms with Crippen LogP contribution in [0.15, 0.2) is 51.0 Å². The first-order valence-corrected chi connectivity index (χ1v) is 7.70. The summed E-state index contributed by atoms with van der Waals surface area (Å²) in [5.74, 6) is -0.0717. The molecule has 0 atom stereocenters. The summed E-state index contributed by atoms with van der Waals surface area (Å²) in [5.41, 5.74) is 2.83. The van der Waals surface area contributed by atoms with E-state index in [0.29, 0.717) is 14.6 Å². The molecule has 1 aliphatic heterocycles. The molecule has 3 rings (SSSR count). The summed E-state index contributed by atoms with van der Waals surface area (Å²) in [4.78, 5) is 12.1. The van der Waals surface area contributed by atoms with Crippen molar-refractivity contribution in [1.82, 2.24) is 0 Å². The number of nitrogens with one attached hydrogen (secondary N) is 2. The molecule has 4 nitrogen and oxygen atoms in total. The van der Waals surface area contributed by atoms with Crippen LogP contribution >= 0.6 is 31.9 Å². The maximum Gasteiger partial charge on any atom is 0.272 e. The van der Waals surface area contributed by atoms with Crippen molar-refractivity contribution < 1.29 is 9.90 Å². The van der Waals surface area contributed by atoms with Gasteiger partial charge in [-0.25, -0.2) is 0 Å². The number of phenols is 1. The highest BCUT2D eigenvalue weighted by molar-refractivity contribution is 9.11. The minimum atomic E-state index is -0.200. The van der Waals surface area contributed by atoms with Gasteiger partial charge in [-0.05, 0) is 67.8 Å². The predicted octanol–water partition coefficient (Wildman–Crippen LogP) is 4.32. The molecule has 0 aliphatic carbocycles. The molecular formula is C15H10Br2N2O2. The largest absolute Gasteiger partial charge is 0.506 e. The summed E-state index contributed by atoms with van der Waals surface area (Å²) >= 11 is 6.54. The third-order valence-electron chi connectivity index (χ3n) is 3.04. The van der Waals surface area contributed by atoms with Crippen molar-refractivity contribution in [3.63, 3.8) is 0 Å². The van der Waals surface area contributed by atoms with Crippen LogP contribution in [0.4, 0.5) is 11.4 Å². The van der Waals surface area contributed by atoms with E-state index in [1.807, 2.05) is 24.3 Å². The summed E-state index contributed by atoms with van der Waals surface area (Å²) in [7, 11) is 0. The normalized spacial score (nSPS) is 15.3. The van der Waals surface area contributed by atoms with E-state index in [1.165, 1.54) is 0 Å². The van der Waals surface area contributed by atoms with Crippen LogP contribution in [0.3, 0.4) is 0 Å². The maximum absolute atomic E-state index is 12.1. The number of carbonyl (C=O) groups is 1. The number of hydrogen-bond acceptors (Lipinski definition) is 3. The number of anilines is 2. The molecule has 0 fully saturated rings. The summed E-state index contributed by atoms with van der Waals surface area (Å²) in [6, 6.07) is 11.0. The summed E-state index contributed by atoms with van der Waals surface area (Å²) < 4.78 is 1.11. The molecular weight excluding hydrogens is 400 g/mol. The number of amides is 1. The lowest BCUT2D eigenvalue weighted by atomic mass is 10.1. The second-order valence-electron chi connectivity index (χ2n) is 4.52. The van der Waals surface area contributed by atoms with Gasteiger partial charge < -0.3 is 15.7 Å². The monoisotopic (exact) mass is 408 g/mol. The Balaban J connectivity index is 1.99. The van der Waals surface area contributed by atoms with Gasteiger partial charge in [-0.3, -0.25) is 4.79 Å². The van der Waals surface area contributed by atoms with Crippen molar-refractivity contribution in [1.29, 1.82) is 0 Å². The van der Waals surface area contributed by atoms with E-state index in [2.05, 4.69) is 42.5 Å². The van der Waals surface area contributed by atoms with Crippen molar-refractivity contribution in [3.8, 4) is 5.75 Å². The summed E-state index contributed by atoms with van der Waals surface area (Å²) in [6.45, 7) is 0. The summed E-state index contributed by atoms with van der Waals surface area (Å²) in [6.07, 6.45) is 1.72. The second kappa shape index (κ2) is 5.54. The lowest BCUT2D eigenvalue weighted by Crippen LogP contribution is -2.25. The number of carbonyl (C=O) groups excluding carboxylic acids is 1. The zero-order chi connectivity index (χ0) is 15.0. The number of hydrogen-bond donors (Lipinski definition) is 3. The lowest BCUT2D eigenvalue weighted by Gasteiger charge is -2.21. The molecule has 2 aromatic carbocycles. The fraction of sp³-hybridized carbons (Fsp3) is 0. The van der Waals surface area contributed by atoms with Gasteiger partial charge in [0.2, 0.25) is 0 Å². The molecule has 2 aromatic rings. The predicted molar refractivity (Wildman–Crippen MR) is 90.2 cm³/mol. The number of fused-ring (bicyclic) bond motifs is 1. The molecule has 6 heteroatoms. The SMILES string of the molecule is O=C1Nc2ccccc2N/C1=C\c1cc(Br)c(O)c(Br)c1. The maximum atomic E-state index is 12.1. The standard InChI is InChI=1S/C15H10Br2N2O2/c16-9-5-8(6-10(17)14(9)20)7-13-15(21)19-12-4-2-1-3-11(12)18-13/h1-7,18,20H,(H,19,21)/b13-7-. The van der Waals surface area contributed by atoms with Gasteiger partial charge in [0.1, 0.15) is 11.4 Å². The van der Waals surface area contributed by atoms with Crippen molar-refractivity contribution in [2.24, 2.45) is 0 Å². The molecule has 21 heavy (non-hydrogen) atoms. The Kier molecular flexibility index (Phi) is 3.73. The van der Waals surface area contributed by atoms with Crippen molar-refractivity contribution >= 4 is 55.2 Å². The van der Waals surface area contributed by atoms with Crippen LogP contribution in [-0.4, -0.2) is 11.0 Å². The third-order valence-corrected chi connectivity index (χ3v) is 4.25. The summed E-state index contributed by atoms with van der Waals surface area (Å²) in [5, 5.41) is 15.6. The van der Waals surface area contributed by atoms with Gasteiger partial charge in [0, 0.05) is 0 Å². The van der Waals surface area contributed by atoms with Crippen molar-refractivity contribution in [2.75, 3.05) is 10.6 Å². The van der Waals surface area contributed by atoms with Crippen LogP contribution in [0.25, 0.3) is 6.08 Å². The van der Waals surface area contributed by atoms with E-state index < -0.39 is 0 Å². The first kappa shape index (κ1) is 14.2. The van der Waals surface area contributed by atoms with E-state index in [4.69, 9.17) is 0 Å².